The summed E-state index contributed by atoms with van der Waals surface area (Å²) in [5.74, 6) is -0.180. The Labute approximate surface area is 151 Å². The Bertz CT molecular complexity index is 815. The van der Waals surface area contributed by atoms with Gasteiger partial charge in [-0.3, -0.25) is 14.3 Å². The maximum absolute atomic E-state index is 12.1. The molecule has 0 unspecified atom stereocenters. The third-order valence-electron chi connectivity index (χ3n) is 4.41. The van der Waals surface area contributed by atoms with E-state index in [4.69, 9.17) is 4.74 Å². The molecule has 9 nitrogen and oxygen atoms in total. The van der Waals surface area contributed by atoms with Gasteiger partial charge in [-0.15, -0.1) is 0 Å². The summed E-state index contributed by atoms with van der Waals surface area (Å²) < 4.78 is 8.80. The van der Waals surface area contributed by atoms with Gasteiger partial charge in [0.2, 0.25) is 0 Å². The van der Waals surface area contributed by atoms with Crippen LogP contribution in [0.5, 0.6) is 0 Å². The highest BCUT2D eigenvalue weighted by Crippen LogP contribution is 2.16. The molecule has 1 amide bonds. The van der Waals surface area contributed by atoms with E-state index in [2.05, 4.69) is 20.4 Å². The summed E-state index contributed by atoms with van der Waals surface area (Å²) in [6.45, 7) is 5.16. The fraction of sp³-hybridized carbons (Fsp3) is 0.529. The van der Waals surface area contributed by atoms with Gasteiger partial charge in [0.05, 0.1) is 24.6 Å². The molecule has 1 aliphatic rings. The van der Waals surface area contributed by atoms with Gasteiger partial charge in [-0.1, -0.05) is 0 Å². The average molecular weight is 360 g/mol. The number of rotatable bonds is 6. The van der Waals surface area contributed by atoms with Crippen LogP contribution in [-0.4, -0.2) is 57.8 Å². The van der Waals surface area contributed by atoms with Crippen molar-refractivity contribution in [1.29, 1.82) is 0 Å². The molecule has 2 aromatic rings. The van der Waals surface area contributed by atoms with Gasteiger partial charge in [0.25, 0.3) is 11.5 Å². The molecule has 3 heterocycles. The largest absolute Gasteiger partial charge is 0.374 e. The maximum atomic E-state index is 12.1. The molecule has 0 spiro atoms. The lowest BCUT2D eigenvalue weighted by Gasteiger charge is -2.34. The fourth-order valence-electron chi connectivity index (χ4n) is 2.86. The topological polar surface area (TPSA) is 94.3 Å². The van der Waals surface area contributed by atoms with E-state index in [0.717, 1.165) is 12.2 Å². The third kappa shape index (κ3) is 4.29. The lowest BCUT2D eigenvalue weighted by Crippen LogP contribution is -2.44. The predicted octanol–water partition coefficient (Wildman–Crippen LogP) is 0.0220. The van der Waals surface area contributed by atoms with E-state index in [0.29, 0.717) is 38.4 Å². The molecule has 1 aliphatic heterocycles. The number of aryl methyl sites for hydroxylation is 2. The number of hydrogen-bond donors (Lipinski definition) is 1. The van der Waals surface area contributed by atoms with Crippen molar-refractivity contribution in [3.05, 3.63) is 40.6 Å². The predicted molar refractivity (Wildman–Crippen MR) is 96.3 cm³/mol. The lowest BCUT2D eigenvalue weighted by molar-refractivity contribution is 0.0353. The standard InChI is InChI=1S/C17H24N6O3/c1-3-23-7-5-15(20-23)17(25)18-6-4-14-12-22(8-9-26-14)13-10-16(24)21(2)19-11-13/h5,7,10-11,14H,3-4,6,8-9,12H2,1-2H3,(H,18,25)/t14-/m0/s1. The van der Waals surface area contributed by atoms with Crippen LogP contribution in [0.15, 0.2) is 29.3 Å². The maximum Gasteiger partial charge on any atom is 0.271 e. The minimum Gasteiger partial charge on any atom is -0.374 e. The quantitative estimate of drug-likeness (QED) is 0.781. The summed E-state index contributed by atoms with van der Waals surface area (Å²) in [4.78, 5) is 25.9. The minimum atomic E-state index is -0.180. The summed E-state index contributed by atoms with van der Waals surface area (Å²) in [5.41, 5.74) is 1.09. The fourth-order valence-corrected chi connectivity index (χ4v) is 2.86. The Morgan fingerprint density at radius 1 is 1.46 bits per heavy atom. The zero-order valence-corrected chi connectivity index (χ0v) is 15.1. The second-order valence-corrected chi connectivity index (χ2v) is 6.22. The number of morpholine rings is 1. The molecule has 140 valence electrons. The molecule has 0 radical (unpaired) electrons. The Hall–Kier alpha value is -2.68. The summed E-state index contributed by atoms with van der Waals surface area (Å²) in [7, 11) is 1.63. The highest BCUT2D eigenvalue weighted by atomic mass is 16.5. The van der Waals surface area contributed by atoms with Gasteiger partial charge in [-0.25, -0.2) is 4.68 Å². The van der Waals surface area contributed by atoms with Crippen LogP contribution >= 0.6 is 0 Å². The number of nitrogens with one attached hydrogen (secondary N) is 1. The zero-order chi connectivity index (χ0) is 18.5. The van der Waals surface area contributed by atoms with Crippen LogP contribution in [0.4, 0.5) is 5.69 Å². The number of nitrogens with zero attached hydrogens (tertiary/aromatic N) is 5. The molecule has 9 heteroatoms. The van der Waals surface area contributed by atoms with E-state index in [9.17, 15) is 9.59 Å². The van der Waals surface area contributed by atoms with Crippen molar-refractivity contribution in [2.45, 2.75) is 26.0 Å². The SMILES string of the molecule is CCn1ccc(C(=O)NCC[C@H]2CN(c3cnn(C)c(=O)c3)CCO2)n1. The molecule has 26 heavy (non-hydrogen) atoms. The van der Waals surface area contributed by atoms with Crippen molar-refractivity contribution in [3.63, 3.8) is 0 Å². The Morgan fingerprint density at radius 3 is 3.04 bits per heavy atom. The molecule has 3 rings (SSSR count). The van der Waals surface area contributed by atoms with Crippen LogP contribution in [0, 0.1) is 0 Å². The van der Waals surface area contributed by atoms with Crippen LogP contribution in [-0.2, 0) is 18.3 Å². The van der Waals surface area contributed by atoms with E-state index >= 15 is 0 Å². The smallest absolute Gasteiger partial charge is 0.271 e. The van der Waals surface area contributed by atoms with E-state index in [1.165, 1.54) is 4.68 Å². The molecule has 0 bridgehead atoms. The van der Waals surface area contributed by atoms with Gasteiger partial charge in [0.15, 0.2) is 0 Å². The van der Waals surface area contributed by atoms with Gasteiger partial charge in [-0.05, 0) is 19.4 Å². The first-order valence-electron chi connectivity index (χ1n) is 8.78. The summed E-state index contributed by atoms with van der Waals surface area (Å²) in [6.07, 6.45) is 4.15. The molecular weight excluding hydrogens is 336 g/mol. The summed E-state index contributed by atoms with van der Waals surface area (Å²) in [6, 6.07) is 3.29. The minimum absolute atomic E-state index is 0.0127. The third-order valence-corrected chi connectivity index (χ3v) is 4.41. The molecule has 0 aliphatic carbocycles. The van der Waals surface area contributed by atoms with Gasteiger partial charge >= 0.3 is 0 Å². The van der Waals surface area contributed by atoms with Crippen molar-refractivity contribution in [3.8, 4) is 0 Å². The van der Waals surface area contributed by atoms with Crippen LogP contribution in [0.1, 0.15) is 23.8 Å². The summed E-state index contributed by atoms with van der Waals surface area (Å²) >= 11 is 0. The van der Waals surface area contributed by atoms with E-state index in [1.807, 2.05) is 6.92 Å². The van der Waals surface area contributed by atoms with Crippen molar-refractivity contribution in [2.75, 3.05) is 31.1 Å². The van der Waals surface area contributed by atoms with Crippen molar-refractivity contribution in [1.82, 2.24) is 24.9 Å². The number of aromatic nitrogens is 4. The van der Waals surface area contributed by atoms with Crippen LogP contribution < -0.4 is 15.8 Å². The molecule has 1 saturated heterocycles. The van der Waals surface area contributed by atoms with Gasteiger partial charge in [-0.2, -0.15) is 10.2 Å². The number of anilines is 1. The van der Waals surface area contributed by atoms with Crippen LogP contribution in [0.3, 0.4) is 0 Å². The van der Waals surface area contributed by atoms with Crippen LogP contribution in [0.25, 0.3) is 0 Å². The summed E-state index contributed by atoms with van der Waals surface area (Å²) in [5, 5.41) is 11.1. The van der Waals surface area contributed by atoms with Crippen LogP contribution in [0.2, 0.25) is 0 Å². The molecule has 1 atom stereocenters. The molecule has 1 N–H and O–H groups in total. The molecule has 0 saturated carbocycles. The number of hydrogen-bond acceptors (Lipinski definition) is 6. The first-order chi connectivity index (χ1) is 12.6. The zero-order valence-electron chi connectivity index (χ0n) is 15.1. The van der Waals surface area contributed by atoms with Crippen molar-refractivity contribution in [2.24, 2.45) is 7.05 Å². The highest BCUT2D eigenvalue weighted by Gasteiger charge is 2.21. The first kappa shape index (κ1) is 18.1. The second-order valence-electron chi connectivity index (χ2n) is 6.22. The van der Waals surface area contributed by atoms with E-state index in [-0.39, 0.29) is 17.6 Å². The highest BCUT2D eigenvalue weighted by molar-refractivity contribution is 5.92. The van der Waals surface area contributed by atoms with Gasteiger partial charge < -0.3 is 15.0 Å². The Morgan fingerprint density at radius 2 is 2.31 bits per heavy atom. The second kappa shape index (κ2) is 8.13. The Balaban J connectivity index is 1.49. The number of amides is 1. The average Bonchev–Trinajstić information content (AvgIpc) is 3.13. The normalized spacial score (nSPS) is 17.3. The molecule has 2 aromatic heterocycles. The van der Waals surface area contributed by atoms with E-state index in [1.54, 1.807) is 36.3 Å². The first-order valence-corrected chi connectivity index (χ1v) is 8.78. The van der Waals surface area contributed by atoms with Gasteiger partial charge in [0, 0.05) is 45.5 Å². The van der Waals surface area contributed by atoms with Crippen molar-refractivity contribution >= 4 is 11.6 Å². The Kier molecular flexibility index (Phi) is 5.67. The van der Waals surface area contributed by atoms with E-state index < -0.39 is 0 Å². The van der Waals surface area contributed by atoms with Crippen molar-refractivity contribution < 1.29 is 9.53 Å². The molecule has 0 aromatic carbocycles. The number of carbonyl (C=O) groups is 1. The number of carbonyl (C=O) groups excluding carboxylic acids is 1. The molecule has 1 fully saturated rings. The molecular formula is C17H24N6O3. The lowest BCUT2D eigenvalue weighted by atomic mass is 10.2. The van der Waals surface area contributed by atoms with Gasteiger partial charge in [0.1, 0.15) is 5.69 Å². The number of ether oxygens (including phenoxy) is 1. The monoisotopic (exact) mass is 360 g/mol.